The molecule has 0 aliphatic heterocycles. The van der Waals surface area contributed by atoms with Gasteiger partial charge in [0.15, 0.2) is 11.6 Å². The number of hydrogen-bond donors (Lipinski definition) is 2. The first-order chi connectivity index (χ1) is 8.20. The van der Waals surface area contributed by atoms with Gasteiger partial charge in [-0.1, -0.05) is 0 Å². The summed E-state index contributed by atoms with van der Waals surface area (Å²) in [6, 6.07) is 5.76. The predicted octanol–water partition coefficient (Wildman–Crippen LogP) is 2.12. The molecule has 2 rings (SSSR count). The molecule has 0 radical (unpaired) electrons. The van der Waals surface area contributed by atoms with Gasteiger partial charge in [-0.25, -0.2) is 9.97 Å². The second-order valence-electron chi connectivity index (χ2n) is 3.60. The molecule has 2 aromatic rings. The minimum atomic E-state index is 0.376. The zero-order valence-corrected chi connectivity index (χ0v) is 9.77. The summed E-state index contributed by atoms with van der Waals surface area (Å²) in [6.07, 6.45) is 3.15. The molecule has 0 spiro atoms. The Labute approximate surface area is 99.7 Å². The van der Waals surface area contributed by atoms with Gasteiger partial charge in [-0.3, -0.25) is 0 Å². The Hall–Kier alpha value is -2.30. The lowest BCUT2D eigenvalue weighted by molar-refractivity contribution is 0.412. The number of nitrogens with one attached hydrogen (secondary N) is 1. The van der Waals surface area contributed by atoms with Crippen LogP contribution in [0.1, 0.15) is 5.56 Å². The molecule has 0 atom stereocenters. The van der Waals surface area contributed by atoms with Gasteiger partial charge in [0.05, 0.1) is 7.11 Å². The molecular weight excluding hydrogens is 216 g/mol. The lowest BCUT2D eigenvalue weighted by Gasteiger charge is -2.10. The second kappa shape index (κ2) is 4.69. The Bertz CT molecular complexity index is 528. The fourth-order valence-electron chi connectivity index (χ4n) is 1.54. The number of methoxy groups -OCH3 is 1. The molecule has 3 N–H and O–H groups in total. The van der Waals surface area contributed by atoms with Crippen molar-refractivity contribution in [1.82, 2.24) is 9.97 Å². The third-order valence-corrected chi connectivity index (χ3v) is 2.38. The van der Waals surface area contributed by atoms with E-state index in [1.165, 1.54) is 0 Å². The number of anilines is 3. The summed E-state index contributed by atoms with van der Waals surface area (Å²) >= 11 is 0. The highest BCUT2D eigenvalue weighted by molar-refractivity contribution is 5.66. The van der Waals surface area contributed by atoms with Gasteiger partial charge in [-0.2, -0.15) is 0 Å². The van der Waals surface area contributed by atoms with Gasteiger partial charge in [-0.15, -0.1) is 0 Å². The van der Waals surface area contributed by atoms with E-state index in [9.17, 15) is 0 Å². The van der Waals surface area contributed by atoms with E-state index < -0.39 is 0 Å². The summed E-state index contributed by atoms with van der Waals surface area (Å²) in [5.74, 6) is 1.78. The number of rotatable bonds is 3. The predicted molar refractivity (Wildman–Crippen MR) is 67.5 cm³/mol. The van der Waals surface area contributed by atoms with Gasteiger partial charge in [0.25, 0.3) is 0 Å². The van der Waals surface area contributed by atoms with Gasteiger partial charge in [0.2, 0.25) is 0 Å². The van der Waals surface area contributed by atoms with Crippen LogP contribution in [0, 0.1) is 6.92 Å². The average Bonchev–Trinajstić information content (AvgIpc) is 2.32. The first-order valence-electron chi connectivity index (χ1n) is 5.19. The lowest BCUT2D eigenvalue weighted by Crippen LogP contribution is -2.01. The maximum absolute atomic E-state index is 5.70. The summed E-state index contributed by atoms with van der Waals surface area (Å²) in [4.78, 5) is 8.08. The molecule has 1 aromatic heterocycles. The average molecular weight is 230 g/mol. The molecule has 0 saturated carbocycles. The van der Waals surface area contributed by atoms with E-state index in [0.29, 0.717) is 11.6 Å². The molecule has 0 amide bonds. The zero-order valence-electron chi connectivity index (χ0n) is 9.77. The number of aryl methyl sites for hydroxylation is 1. The molecule has 0 bridgehead atoms. The Morgan fingerprint density at radius 1 is 1.24 bits per heavy atom. The summed E-state index contributed by atoms with van der Waals surface area (Å²) in [5, 5.41) is 3.11. The number of nitrogens with two attached hydrogens (primary N) is 1. The fraction of sp³-hybridized carbons (Fsp3) is 0.167. The third kappa shape index (κ3) is 2.44. The molecule has 5 heteroatoms. The van der Waals surface area contributed by atoms with Crippen molar-refractivity contribution in [1.29, 1.82) is 0 Å². The van der Waals surface area contributed by atoms with Crippen molar-refractivity contribution in [3.63, 3.8) is 0 Å². The van der Waals surface area contributed by atoms with Crippen LogP contribution in [0.4, 0.5) is 17.3 Å². The Kier molecular flexibility index (Phi) is 3.09. The largest absolute Gasteiger partial charge is 0.496 e. The minimum Gasteiger partial charge on any atom is -0.496 e. The van der Waals surface area contributed by atoms with E-state index >= 15 is 0 Å². The number of benzene rings is 1. The molecule has 0 fully saturated rings. The van der Waals surface area contributed by atoms with Crippen molar-refractivity contribution in [2.24, 2.45) is 0 Å². The topological polar surface area (TPSA) is 73.1 Å². The first kappa shape index (κ1) is 11.2. The SMILES string of the molecule is COc1ccc(Nc2nccnc2N)cc1C. The first-order valence-corrected chi connectivity index (χ1v) is 5.19. The van der Waals surface area contributed by atoms with Crippen LogP contribution in [0.2, 0.25) is 0 Å². The van der Waals surface area contributed by atoms with E-state index in [-0.39, 0.29) is 0 Å². The maximum atomic E-state index is 5.70. The molecule has 88 valence electrons. The second-order valence-corrected chi connectivity index (χ2v) is 3.60. The van der Waals surface area contributed by atoms with Crippen molar-refractivity contribution in [2.75, 3.05) is 18.2 Å². The Morgan fingerprint density at radius 2 is 2.00 bits per heavy atom. The van der Waals surface area contributed by atoms with Crippen LogP contribution in [-0.4, -0.2) is 17.1 Å². The highest BCUT2D eigenvalue weighted by Gasteiger charge is 2.03. The van der Waals surface area contributed by atoms with Crippen molar-refractivity contribution >= 4 is 17.3 Å². The Balaban J connectivity index is 2.25. The summed E-state index contributed by atoms with van der Waals surface area (Å²) in [6.45, 7) is 1.98. The molecule has 1 heterocycles. The lowest BCUT2D eigenvalue weighted by atomic mass is 10.2. The third-order valence-electron chi connectivity index (χ3n) is 2.38. The Morgan fingerprint density at radius 3 is 2.65 bits per heavy atom. The van der Waals surface area contributed by atoms with Crippen LogP contribution in [0.25, 0.3) is 0 Å². The quantitative estimate of drug-likeness (QED) is 0.844. The highest BCUT2D eigenvalue weighted by Crippen LogP contribution is 2.24. The number of ether oxygens (including phenoxy) is 1. The van der Waals surface area contributed by atoms with Gasteiger partial charge in [0, 0.05) is 18.1 Å². The zero-order chi connectivity index (χ0) is 12.3. The van der Waals surface area contributed by atoms with E-state index in [1.54, 1.807) is 19.5 Å². The van der Waals surface area contributed by atoms with Crippen LogP contribution in [0.5, 0.6) is 5.75 Å². The number of hydrogen-bond acceptors (Lipinski definition) is 5. The summed E-state index contributed by atoms with van der Waals surface area (Å²) in [5.41, 5.74) is 7.64. The van der Waals surface area contributed by atoms with E-state index in [4.69, 9.17) is 10.5 Å². The molecule has 1 aromatic carbocycles. The monoisotopic (exact) mass is 230 g/mol. The van der Waals surface area contributed by atoms with Gasteiger partial charge < -0.3 is 15.8 Å². The van der Waals surface area contributed by atoms with Crippen LogP contribution in [0.3, 0.4) is 0 Å². The van der Waals surface area contributed by atoms with Crippen molar-refractivity contribution in [3.8, 4) is 5.75 Å². The van der Waals surface area contributed by atoms with E-state index in [2.05, 4.69) is 15.3 Å². The van der Waals surface area contributed by atoms with E-state index in [0.717, 1.165) is 17.0 Å². The highest BCUT2D eigenvalue weighted by atomic mass is 16.5. The van der Waals surface area contributed by atoms with Crippen LogP contribution in [0.15, 0.2) is 30.6 Å². The number of nitrogens with zero attached hydrogens (tertiary/aromatic N) is 2. The fourth-order valence-corrected chi connectivity index (χ4v) is 1.54. The molecular formula is C12H14N4O. The molecule has 0 unspecified atom stereocenters. The van der Waals surface area contributed by atoms with Crippen LogP contribution < -0.4 is 15.8 Å². The summed E-state index contributed by atoms with van der Waals surface area (Å²) < 4.78 is 5.19. The molecule has 0 aliphatic rings. The molecule has 0 saturated heterocycles. The smallest absolute Gasteiger partial charge is 0.173 e. The van der Waals surface area contributed by atoms with Gasteiger partial charge in [0.1, 0.15) is 5.75 Å². The van der Waals surface area contributed by atoms with Crippen LogP contribution in [-0.2, 0) is 0 Å². The number of aromatic nitrogens is 2. The standard InChI is InChI=1S/C12H14N4O/c1-8-7-9(3-4-10(8)17-2)16-12-11(13)14-5-6-15-12/h3-7H,1-2H3,(H2,13,14)(H,15,16). The van der Waals surface area contributed by atoms with Crippen molar-refractivity contribution in [2.45, 2.75) is 6.92 Å². The van der Waals surface area contributed by atoms with Gasteiger partial charge in [-0.05, 0) is 30.7 Å². The van der Waals surface area contributed by atoms with Crippen molar-refractivity contribution < 1.29 is 4.74 Å². The number of nitrogen functional groups attached to an aromatic ring is 1. The molecule has 0 aliphatic carbocycles. The molecule has 17 heavy (non-hydrogen) atoms. The van der Waals surface area contributed by atoms with E-state index in [1.807, 2.05) is 25.1 Å². The summed E-state index contributed by atoms with van der Waals surface area (Å²) in [7, 11) is 1.65. The minimum absolute atomic E-state index is 0.376. The van der Waals surface area contributed by atoms with Gasteiger partial charge >= 0.3 is 0 Å². The molecule has 5 nitrogen and oxygen atoms in total. The van der Waals surface area contributed by atoms with Crippen molar-refractivity contribution in [3.05, 3.63) is 36.2 Å². The maximum Gasteiger partial charge on any atom is 0.173 e. The van der Waals surface area contributed by atoms with Crippen LogP contribution >= 0.6 is 0 Å². The normalized spacial score (nSPS) is 10.0.